The van der Waals surface area contributed by atoms with Gasteiger partial charge in [-0.3, -0.25) is 9.69 Å². The van der Waals surface area contributed by atoms with Crippen molar-refractivity contribution in [2.45, 2.75) is 37.2 Å². The van der Waals surface area contributed by atoms with Gasteiger partial charge in [0.15, 0.2) is 9.84 Å². The Bertz CT molecular complexity index is 631. The number of carboxylic acid groups (broad SMARTS) is 1. The summed E-state index contributed by atoms with van der Waals surface area (Å²) in [6.07, 6.45) is 0. The van der Waals surface area contributed by atoms with Crippen molar-refractivity contribution in [1.29, 1.82) is 0 Å². The molecule has 1 unspecified atom stereocenters. The summed E-state index contributed by atoms with van der Waals surface area (Å²) in [7, 11) is -3.33. The molecule has 0 amide bonds. The molecule has 1 aromatic carbocycles. The maximum Gasteiger partial charge on any atom is 0.317 e. The number of benzene rings is 1. The molecule has 1 aliphatic heterocycles. The van der Waals surface area contributed by atoms with Crippen LogP contribution in [0.1, 0.15) is 32.4 Å². The zero-order chi connectivity index (χ0) is 15.1. The first-order valence-electron chi connectivity index (χ1n) is 6.43. The van der Waals surface area contributed by atoms with Crippen LogP contribution in [0, 0.1) is 0 Å². The van der Waals surface area contributed by atoms with Crippen molar-refractivity contribution in [1.82, 2.24) is 4.90 Å². The Balaban J connectivity index is 2.50. The lowest BCUT2D eigenvalue weighted by Gasteiger charge is -2.38. The fourth-order valence-electron chi connectivity index (χ4n) is 2.64. The number of fused-ring (bicyclic) bond motifs is 1. The van der Waals surface area contributed by atoms with Crippen molar-refractivity contribution in [2.24, 2.45) is 0 Å². The van der Waals surface area contributed by atoms with Crippen molar-refractivity contribution in [2.75, 3.05) is 12.3 Å². The van der Waals surface area contributed by atoms with Gasteiger partial charge in [-0.2, -0.15) is 0 Å². The van der Waals surface area contributed by atoms with Crippen molar-refractivity contribution < 1.29 is 18.3 Å². The molecule has 0 radical (unpaired) electrons. The minimum absolute atomic E-state index is 0.0586. The van der Waals surface area contributed by atoms with Crippen LogP contribution in [0.15, 0.2) is 29.2 Å². The number of carbonyl (C=O) groups is 1. The van der Waals surface area contributed by atoms with Crippen molar-refractivity contribution in [3.05, 3.63) is 29.8 Å². The molecule has 1 aromatic rings. The molecule has 1 atom stereocenters. The van der Waals surface area contributed by atoms with E-state index < -0.39 is 27.4 Å². The molecule has 6 heteroatoms. The summed E-state index contributed by atoms with van der Waals surface area (Å²) in [5.74, 6) is -1.02. The second-order valence-corrected chi connectivity index (χ2v) is 8.03. The Kier molecular flexibility index (Phi) is 3.64. The Hall–Kier alpha value is -1.40. The summed E-state index contributed by atoms with van der Waals surface area (Å²) in [6.45, 7) is 5.49. The highest BCUT2D eigenvalue weighted by Gasteiger charge is 2.41. The largest absolute Gasteiger partial charge is 0.480 e. The average Bonchev–Trinajstić information content (AvgIpc) is 2.57. The number of nitrogens with zero attached hydrogens (tertiary/aromatic N) is 1. The van der Waals surface area contributed by atoms with E-state index in [-0.39, 0.29) is 12.3 Å². The van der Waals surface area contributed by atoms with Gasteiger partial charge in [-0.25, -0.2) is 8.42 Å². The van der Waals surface area contributed by atoms with E-state index in [0.29, 0.717) is 10.5 Å². The molecule has 1 heterocycles. The lowest BCUT2D eigenvalue weighted by atomic mass is 9.99. The second kappa shape index (κ2) is 4.86. The first-order valence-corrected chi connectivity index (χ1v) is 8.08. The molecule has 0 fully saturated rings. The van der Waals surface area contributed by atoms with Crippen LogP contribution in [0.25, 0.3) is 0 Å². The minimum atomic E-state index is -3.33. The molecule has 0 saturated heterocycles. The maximum atomic E-state index is 12.2. The molecule has 1 aliphatic rings. The number of carboxylic acids is 1. The Morgan fingerprint density at radius 3 is 2.50 bits per heavy atom. The van der Waals surface area contributed by atoms with Crippen molar-refractivity contribution in [3.8, 4) is 0 Å². The van der Waals surface area contributed by atoms with Gasteiger partial charge in [-0.15, -0.1) is 0 Å². The van der Waals surface area contributed by atoms with E-state index >= 15 is 0 Å². The number of sulfone groups is 1. The zero-order valence-corrected chi connectivity index (χ0v) is 12.6. The third kappa shape index (κ3) is 2.71. The molecule has 0 aromatic heterocycles. The lowest BCUT2D eigenvalue weighted by Crippen LogP contribution is -2.47. The Morgan fingerprint density at radius 1 is 1.35 bits per heavy atom. The predicted molar refractivity (Wildman–Crippen MR) is 75.3 cm³/mol. The highest BCUT2D eigenvalue weighted by Crippen LogP contribution is 2.39. The summed E-state index contributed by atoms with van der Waals surface area (Å²) < 4.78 is 24.4. The smallest absolute Gasteiger partial charge is 0.317 e. The highest BCUT2D eigenvalue weighted by molar-refractivity contribution is 7.91. The minimum Gasteiger partial charge on any atom is -0.480 e. The molecule has 110 valence electrons. The first-order chi connectivity index (χ1) is 9.13. The topological polar surface area (TPSA) is 74.7 Å². The molecule has 2 rings (SSSR count). The van der Waals surface area contributed by atoms with Crippen LogP contribution in [-0.2, 0) is 14.6 Å². The molecule has 0 bridgehead atoms. The van der Waals surface area contributed by atoms with Crippen LogP contribution < -0.4 is 0 Å². The van der Waals surface area contributed by atoms with Gasteiger partial charge in [0.25, 0.3) is 0 Å². The molecule has 0 spiro atoms. The first kappa shape index (κ1) is 15.0. The summed E-state index contributed by atoms with van der Waals surface area (Å²) in [4.78, 5) is 13.2. The van der Waals surface area contributed by atoms with Crippen LogP contribution >= 0.6 is 0 Å². The fourth-order valence-corrected chi connectivity index (χ4v) is 4.45. The van der Waals surface area contributed by atoms with Crippen LogP contribution in [0.4, 0.5) is 0 Å². The van der Waals surface area contributed by atoms with Crippen LogP contribution in [-0.4, -0.2) is 42.2 Å². The second-order valence-electron chi connectivity index (χ2n) is 6.03. The van der Waals surface area contributed by atoms with Crippen LogP contribution in [0.2, 0.25) is 0 Å². The fraction of sp³-hybridized carbons (Fsp3) is 0.500. The molecular weight excluding hydrogens is 278 g/mol. The predicted octanol–water partition coefficient (Wildman–Crippen LogP) is 1.70. The molecule has 1 N–H and O–H groups in total. The van der Waals surface area contributed by atoms with E-state index in [0.717, 1.165) is 0 Å². The van der Waals surface area contributed by atoms with E-state index in [1.807, 2.05) is 20.8 Å². The normalized spacial score (nSPS) is 20.9. The van der Waals surface area contributed by atoms with Gasteiger partial charge in [0, 0.05) is 5.54 Å². The lowest BCUT2D eigenvalue weighted by molar-refractivity contribution is -0.140. The summed E-state index contributed by atoms with van der Waals surface area (Å²) in [5.41, 5.74) is 0.263. The van der Waals surface area contributed by atoms with E-state index in [9.17, 15) is 13.2 Å². The van der Waals surface area contributed by atoms with Gasteiger partial charge >= 0.3 is 5.97 Å². The van der Waals surface area contributed by atoms with Gasteiger partial charge in [0.1, 0.15) is 0 Å². The van der Waals surface area contributed by atoms with E-state index in [1.165, 1.54) is 0 Å². The summed E-state index contributed by atoms with van der Waals surface area (Å²) in [5, 5.41) is 9.09. The quantitative estimate of drug-likeness (QED) is 0.919. The van der Waals surface area contributed by atoms with Gasteiger partial charge < -0.3 is 5.11 Å². The molecule has 20 heavy (non-hydrogen) atoms. The number of hydrogen-bond acceptors (Lipinski definition) is 4. The van der Waals surface area contributed by atoms with E-state index in [4.69, 9.17) is 5.11 Å². The van der Waals surface area contributed by atoms with Crippen LogP contribution in [0.5, 0.6) is 0 Å². The van der Waals surface area contributed by atoms with Gasteiger partial charge in [-0.05, 0) is 32.4 Å². The van der Waals surface area contributed by atoms with E-state index in [1.54, 1.807) is 29.2 Å². The molecule has 0 aliphatic carbocycles. The van der Waals surface area contributed by atoms with Gasteiger partial charge in [-0.1, -0.05) is 18.2 Å². The molecule has 0 saturated carbocycles. The standard InChI is InChI=1S/C14H19NO4S/c1-14(2,3)15(8-13(16)17)11-9-20(18,19)12-7-5-4-6-10(11)12/h4-7,11H,8-9H2,1-3H3,(H,16,17). The Labute approximate surface area is 119 Å². The number of rotatable bonds is 3. The third-order valence-electron chi connectivity index (χ3n) is 3.53. The van der Waals surface area contributed by atoms with E-state index in [2.05, 4.69) is 0 Å². The molecular formula is C14H19NO4S. The zero-order valence-electron chi connectivity index (χ0n) is 11.8. The summed E-state index contributed by atoms with van der Waals surface area (Å²) in [6, 6.07) is 6.43. The SMILES string of the molecule is CC(C)(C)N(CC(=O)O)C1CS(=O)(=O)c2ccccc21. The monoisotopic (exact) mass is 297 g/mol. The maximum absolute atomic E-state index is 12.2. The Morgan fingerprint density at radius 2 is 1.95 bits per heavy atom. The van der Waals surface area contributed by atoms with Crippen LogP contribution in [0.3, 0.4) is 0 Å². The van der Waals surface area contributed by atoms with Gasteiger partial charge in [0.05, 0.1) is 23.2 Å². The summed E-state index contributed by atoms with van der Waals surface area (Å²) >= 11 is 0. The van der Waals surface area contributed by atoms with Crippen molar-refractivity contribution >= 4 is 15.8 Å². The molecule has 5 nitrogen and oxygen atoms in total. The highest BCUT2D eigenvalue weighted by atomic mass is 32.2. The average molecular weight is 297 g/mol. The number of aliphatic carboxylic acids is 1. The third-order valence-corrected chi connectivity index (χ3v) is 5.33. The van der Waals surface area contributed by atoms with Gasteiger partial charge in [0.2, 0.25) is 0 Å². The van der Waals surface area contributed by atoms with Crippen molar-refractivity contribution in [3.63, 3.8) is 0 Å². The number of hydrogen-bond donors (Lipinski definition) is 1.